The highest BCUT2D eigenvalue weighted by atomic mass is 16.5. The van der Waals surface area contributed by atoms with E-state index in [0.717, 1.165) is 17.7 Å². The van der Waals surface area contributed by atoms with Crippen molar-refractivity contribution < 1.29 is 14.9 Å². The van der Waals surface area contributed by atoms with E-state index in [1.54, 1.807) is 24.3 Å². The molecule has 3 unspecified atom stereocenters. The Morgan fingerprint density at radius 2 is 1.70 bits per heavy atom. The van der Waals surface area contributed by atoms with Crippen LogP contribution in [0.2, 0.25) is 0 Å². The van der Waals surface area contributed by atoms with Crippen molar-refractivity contribution in [2.45, 2.75) is 45.1 Å². The van der Waals surface area contributed by atoms with Gasteiger partial charge < -0.3 is 14.9 Å². The summed E-state index contributed by atoms with van der Waals surface area (Å²) in [6, 6.07) is 12.7. The highest BCUT2D eigenvalue weighted by Crippen LogP contribution is 2.48. The SMILES string of the molecule is CCCCC1c2ccc(O)cc2OC(c2ccc(O)cc2)C1C. The fourth-order valence-electron chi connectivity index (χ4n) is 3.55. The Morgan fingerprint density at radius 3 is 2.39 bits per heavy atom. The average molecular weight is 312 g/mol. The quantitative estimate of drug-likeness (QED) is 0.821. The summed E-state index contributed by atoms with van der Waals surface area (Å²) in [6.45, 7) is 4.44. The minimum Gasteiger partial charge on any atom is -0.508 e. The molecular weight excluding hydrogens is 288 g/mol. The van der Waals surface area contributed by atoms with Crippen molar-refractivity contribution >= 4 is 0 Å². The molecule has 1 aliphatic heterocycles. The molecule has 0 saturated carbocycles. The van der Waals surface area contributed by atoms with Crippen molar-refractivity contribution in [1.82, 2.24) is 0 Å². The molecule has 0 aromatic heterocycles. The van der Waals surface area contributed by atoms with Gasteiger partial charge in [0.15, 0.2) is 0 Å². The summed E-state index contributed by atoms with van der Waals surface area (Å²) in [5, 5.41) is 19.3. The lowest BCUT2D eigenvalue weighted by atomic mass is 9.76. The molecule has 0 radical (unpaired) electrons. The van der Waals surface area contributed by atoms with Crippen LogP contribution < -0.4 is 4.74 Å². The van der Waals surface area contributed by atoms with E-state index in [0.29, 0.717) is 11.8 Å². The lowest BCUT2D eigenvalue weighted by Gasteiger charge is -2.38. The zero-order chi connectivity index (χ0) is 16.4. The average Bonchev–Trinajstić information content (AvgIpc) is 2.54. The van der Waals surface area contributed by atoms with E-state index in [2.05, 4.69) is 13.8 Å². The number of hydrogen-bond donors (Lipinski definition) is 2. The van der Waals surface area contributed by atoms with Gasteiger partial charge in [-0.2, -0.15) is 0 Å². The minimum absolute atomic E-state index is 0.0632. The van der Waals surface area contributed by atoms with Crippen molar-refractivity contribution in [2.75, 3.05) is 0 Å². The van der Waals surface area contributed by atoms with Gasteiger partial charge in [-0.05, 0) is 41.7 Å². The van der Waals surface area contributed by atoms with Crippen molar-refractivity contribution in [3.8, 4) is 17.2 Å². The molecule has 1 aliphatic rings. The Hall–Kier alpha value is -2.16. The number of rotatable bonds is 4. The van der Waals surface area contributed by atoms with E-state index in [9.17, 15) is 10.2 Å². The number of unbranched alkanes of at least 4 members (excludes halogenated alkanes) is 1. The molecular formula is C20H24O3. The molecule has 0 saturated heterocycles. The van der Waals surface area contributed by atoms with Crippen LogP contribution in [0, 0.1) is 5.92 Å². The van der Waals surface area contributed by atoms with Gasteiger partial charge in [0.05, 0.1) is 0 Å². The van der Waals surface area contributed by atoms with Crippen LogP contribution >= 0.6 is 0 Å². The molecule has 0 spiro atoms. The number of benzene rings is 2. The highest BCUT2D eigenvalue weighted by Gasteiger charge is 2.36. The second-order valence-corrected chi connectivity index (χ2v) is 6.46. The standard InChI is InChI=1S/C20H24O3/c1-3-4-5-17-13(2)20(14-6-8-15(21)9-7-14)23-19-12-16(22)10-11-18(17)19/h6-13,17,20-22H,3-5H2,1-2H3. The molecule has 3 rings (SSSR count). The van der Waals surface area contributed by atoms with Gasteiger partial charge in [-0.1, -0.05) is 44.9 Å². The molecule has 3 atom stereocenters. The smallest absolute Gasteiger partial charge is 0.127 e. The van der Waals surface area contributed by atoms with Gasteiger partial charge in [-0.25, -0.2) is 0 Å². The zero-order valence-electron chi connectivity index (χ0n) is 13.7. The molecule has 0 aliphatic carbocycles. The molecule has 122 valence electrons. The van der Waals surface area contributed by atoms with E-state index in [4.69, 9.17) is 4.74 Å². The fraction of sp³-hybridized carbons (Fsp3) is 0.400. The van der Waals surface area contributed by atoms with Crippen LogP contribution in [0.25, 0.3) is 0 Å². The first kappa shape index (κ1) is 15.7. The predicted octanol–water partition coefficient (Wildman–Crippen LogP) is 5.14. The first-order valence-corrected chi connectivity index (χ1v) is 8.38. The largest absolute Gasteiger partial charge is 0.508 e. The van der Waals surface area contributed by atoms with Gasteiger partial charge in [-0.15, -0.1) is 0 Å². The van der Waals surface area contributed by atoms with E-state index >= 15 is 0 Å². The summed E-state index contributed by atoms with van der Waals surface area (Å²) in [4.78, 5) is 0. The molecule has 2 aromatic rings. The Balaban J connectivity index is 1.98. The van der Waals surface area contributed by atoms with E-state index in [1.807, 2.05) is 18.2 Å². The number of fused-ring (bicyclic) bond motifs is 1. The predicted molar refractivity (Wildman–Crippen MR) is 91.0 cm³/mol. The summed E-state index contributed by atoms with van der Waals surface area (Å²) in [5.41, 5.74) is 2.25. The third-order valence-electron chi connectivity index (χ3n) is 4.85. The van der Waals surface area contributed by atoms with Crippen molar-refractivity contribution in [2.24, 2.45) is 5.92 Å². The molecule has 23 heavy (non-hydrogen) atoms. The summed E-state index contributed by atoms with van der Waals surface area (Å²) >= 11 is 0. The van der Waals surface area contributed by atoms with Gasteiger partial charge in [0.25, 0.3) is 0 Å². The van der Waals surface area contributed by atoms with Gasteiger partial charge >= 0.3 is 0 Å². The van der Waals surface area contributed by atoms with Gasteiger partial charge in [0, 0.05) is 12.0 Å². The summed E-state index contributed by atoms with van der Waals surface area (Å²) in [7, 11) is 0. The van der Waals surface area contributed by atoms with Gasteiger partial charge in [0.1, 0.15) is 23.4 Å². The Labute approximate surface area is 137 Å². The molecule has 0 fully saturated rings. The highest BCUT2D eigenvalue weighted by molar-refractivity contribution is 5.45. The van der Waals surface area contributed by atoms with Gasteiger partial charge in [0.2, 0.25) is 0 Å². The summed E-state index contributed by atoms with van der Waals surface area (Å²) in [5.74, 6) is 2.03. The molecule has 2 aromatic carbocycles. The summed E-state index contributed by atoms with van der Waals surface area (Å²) in [6.07, 6.45) is 3.40. The monoisotopic (exact) mass is 312 g/mol. The Kier molecular flexibility index (Phi) is 4.46. The Bertz CT molecular complexity index is 663. The molecule has 3 nitrogen and oxygen atoms in total. The van der Waals surface area contributed by atoms with E-state index in [-0.39, 0.29) is 17.6 Å². The second kappa shape index (κ2) is 6.53. The normalized spacial score (nSPS) is 23.1. The topological polar surface area (TPSA) is 49.7 Å². The lowest BCUT2D eigenvalue weighted by Crippen LogP contribution is -2.28. The van der Waals surface area contributed by atoms with Crippen LogP contribution in [0.1, 0.15) is 56.3 Å². The molecule has 0 amide bonds. The molecule has 3 heteroatoms. The van der Waals surface area contributed by atoms with Crippen molar-refractivity contribution in [1.29, 1.82) is 0 Å². The van der Waals surface area contributed by atoms with E-state index in [1.165, 1.54) is 18.4 Å². The third-order valence-corrected chi connectivity index (χ3v) is 4.85. The number of phenolic OH excluding ortho intramolecular Hbond substituents is 2. The van der Waals surface area contributed by atoms with Crippen molar-refractivity contribution in [3.05, 3.63) is 53.6 Å². The van der Waals surface area contributed by atoms with Crippen LogP contribution in [0.3, 0.4) is 0 Å². The first-order chi connectivity index (χ1) is 11.1. The number of aromatic hydroxyl groups is 2. The van der Waals surface area contributed by atoms with Crippen LogP contribution in [-0.4, -0.2) is 10.2 Å². The number of ether oxygens (including phenoxy) is 1. The number of hydrogen-bond acceptors (Lipinski definition) is 3. The van der Waals surface area contributed by atoms with E-state index < -0.39 is 0 Å². The third kappa shape index (κ3) is 3.14. The zero-order valence-corrected chi connectivity index (χ0v) is 13.7. The first-order valence-electron chi connectivity index (χ1n) is 8.38. The maximum absolute atomic E-state index is 9.80. The van der Waals surface area contributed by atoms with Crippen LogP contribution in [0.15, 0.2) is 42.5 Å². The minimum atomic E-state index is -0.0632. The van der Waals surface area contributed by atoms with Crippen molar-refractivity contribution in [3.63, 3.8) is 0 Å². The lowest BCUT2D eigenvalue weighted by molar-refractivity contribution is 0.0979. The molecule has 2 N–H and O–H groups in total. The van der Waals surface area contributed by atoms with Crippen LogP contribution in [-0.2, 0) is 0 Å². The fourth-order valence-corrected chi connectivity index (χ4v) is 3.55. The summed E-state index contributed by atoms with van der Waals surface area (Å²) < 4.78 is 6.22. The second-order valence-electron chi connectivity index (χ2n) is 6.46. The van der Waals surface area contributed by atoms with Crippen LogP contribution in [0.4, 0.5) is 0 Å². The number of phenols is 2. The maximum atomic E-state index is 9.80. The Morgan fingerprint density at radius 1 is 1.00 bits per heavy atom. The molecule has 1 heterocycles. The maximum Gasteiger partial charge on any atom is 0.127 e. The molecule has 0 bridgehead atoms. The van der Waals surface area contributed by atoms with Crippen LogP contribution in [0.5, 0.6) is 17.2 Å². The van der Waals surface area contributed by atoms with Gasteiger partial charge in [-0.3, -0.25) is 0 Å².